The Morgan fingerprint density at radius 2 is 2.00 bits per heavy atom. The summed E-state index contributed by atoms with van der Waals surface area (Å²) in [6, 6.07) is 4.65. The molecule has 2 rings (SSSR count). The summed E-state index contributed by atoms with van der Waals surface area (Å²) in [4.78, 5) is 13.5. The van der Waals surface area contributed by atoms with Crippen LogP contribution < -0.4 is 4.74 Å². The van der Waals surface area contributed by atoms with E-state index in [1.807, 2.05) is 0 Å². The zero-order chi connectivity index (χ0) is 14.8. The lowest BCUT2D eigenvalue weighted by Crippen LogP contribution is -2.32. The largest absolute Gasteiger partial charge is 0.482 e. The van der Waals surface area contributed by atoms with Gasteiger partial charge in [-0.25, -0.2) is 8.42 Å². The quantitative estimate of drug-likeness (QED) is 0.796. The van der Waals surface area contributed by atoms with E-state index in [4.69, 9.17) is 15.4 Å². The third-order valence-electron chi connectivity index (χ3n) is 3.17. The molecule has 5 nitrogen and oxygen atoms in total. The van der Waals surface area contributed by atoms with Gasteiger partial charge in [0.25, 0.3) is 15.0 Å². The summed E-state index contributed by atoms with van der Waals surface area (Å²) in [6.07, 6.45) is 2.00. The fourth-order valence-electron chi connectivity index (χ4n) is 2.12. The SMILES string of the molecule is Cc1ccc(OCC(=O)N2CCCC2)c(S(=O)(=O)Cl)c1. The highest BCUT2D eigenvalue weighted by atomic mass is 35.7. The van der Waals surface area contributed by atoms with E-state index in [0.29, 0.717) is 0 Å². The van der Waals surface area contributed by atoms with Crippen LogP contribution in [0.5, 0.6) is 5.75 Å². The summed E-state index contributed by atoms with van der Waals surface area (Å²) >= 11 is 0. The molecule has 0 aliphatic carbocycles. The molecule has 1 heterocycles. The van der Waals surface area contributed by atoms with Gasteiger partial charge in [0.2, 0.25) is 0 Å². The monoisotopic (exact) mass is 317 g/mol. The van der Waals surface area contributed by atoms with E-state index in [2.05, 4.69) is 0 Å². The second-order valence-electron chi connectivity index (χ2n) is 4.76. The summed E-state index contributed by atoms with van der Waals surface area (Å²) in [5.74, 6) is -0.0286. The van der Waals surface area contributed by atoms with E-state index in [-0.39, 0.29) is 23.2 Å². The molecule has 110 valence electrons. The fourth-order valence-corrected chi connectivity index (χ4v) is 3.18. The molecule has 1 amide bonds. The Morgan fingerprint density at radius 3 is 2.60 bits per heavy atom. The topological polar surface area (TPSA) is 63.7 Å². The Hall–Kier alpha value is -1.27. The van der Waals surface area contributed by atoms with Crippen LogP contribution in [0.4, 0.5) is 0 Å². The zero-order valence-corrected chi connectivity index (χ0v) is 12.7. The molecule has 1 aromatic carbocycles. The number of nitrogens with zero attached hydrogens (tertiary/aromatic N) is 1. The Morgan fingerprint density at radius 1 is 1.35 bits per heavy atom. The van der Waals surface area contributed by atoms with Gasteiger partial charge in [-0.15, -0.1) is 0 Å². The van der Waals surface area contributed by atoms with Gasteiger partial charge < -0.3 is 9.64 Å². The lowest BCUT2D eigenvalue weighted by molar-refractivity contribution is -0.132. The van der Waals surface area contributed by atoms with Crippen molar-refractivity contribution in [2.75, 3.05) is 19.7 Å². The number of ether oxygens (including phenoxy) is 1. The third kappa shape index (κ3) is 3.64. The third-order valence-corrected chi connectivity index (χ3v) is 4.51. The van der Waals surface area contributed by atoms with E-state index in [0.717, 1.165) is 31.5 Å². The first-order chi connectivity index (χ1) is 9.38. The number of benzene rings is 1. The molecule has 1 saturated heterocycles. The van der Waals surface area contributed by atoms with Gasteiger partial charge in [0.1, 0.15) is 10.6 Å². The van der Waals surface area contributed by atoms with Gasteiger partial charge in [-0.05, 0) is 37.5 Å². The summed E-state index contributed by atoms with van der Waals surface area (Å²) < 4.78 is 28.3. The predicted molar refractivity (Wildman–Crippen MR) is 75.5 cm³/mol. The van der Waals surface area contributed by atoms with Crippen molar-refractivity contribution in [2.45, 2.75) is 24.7 Å². The van der Waals surface area contributed by atoms with Crippen LogP contribution in [0, 0.1) is 6.92 Å². The number of likely N-dealkylation sites (tertiary alicyclic amines) is 1. The molecule has 0 atom stereocenters. The molecule has 7 heteroatoms. The van der Waals surface area contributed by atoms with Crippen LogP contribution in [0.25, 0.3) is 0 Å². The van der Waals surface area contributed by atoms with Crippen molar-refractivity contribution in [1.29, 1.82) is 0 Å². The molecule has 1 aliphatic rings. The Kier molecular flexibility index (Phi) is 4.55. The average Bonchev–Trinajstić information content (AvgIpc) is 2.89. The first-order valence-corrected chi connectivity index (χ1v) is 8.65. The second-order valence-corrected chi connectivity index (χ2v) is 7.30. The minimum atomic E-state index is -3.90. The van der Waals surface area contributed by atoms with Gasteiger partial charge >= 0.3 is 0 Å². The number of carbonyl (C=O) groups excluding carboxylic acids is 1. The molecule has 0 radical (unpaired) electrons. The number of carbonyl (C=O) groups is 1. The van der Waals surface area contributed by atoms with E-state index in [1.165, 1.54) is 12.1 Å². The van der Waals surface area contributed by atoms with Crippen molar-refractivity contribution < 1.29 is 17.9 Å². The Bertz CT molecular complexity index is 609. The van der Waals surface area contributed by atoms with E-state index in [9.17, 15) is 13.2 Å². The van der Waals surface area contributed by atoms with Gasteiger partial charge in [0.15, 0.2) is 6.61 Å². The van der Waals surface area contributed by atoms with Crippen molar-refractivity contribution in [3.63, 3.8) is 0 Å². The van der Waals surface area contributed by atoms with E-state index in [1.54, 1.807) is 17.9 Å². The van der Waals surface area contributed by atoms with Crippen molar-refractivity contribution in [1.82, 2.24) is 4.90 Å². The minimum absolute atomic E-state index is 0.103. The normalized spacial score (nSPS) is 15.4. The molecule has 1 aromatic rings. The molecule has 1 fully saturated rings. The molecule has 0 bridgehead atoms. The highest BCUT2D eigenvalue weighted by Crippen LogP contribution is 2.28. The van der Waals surface area contributed by atoms with Gasteiger partial charge in [-0.3, -0.25) is 4.79 Å². The first-order valence-electron chi connectivity index (χ1n) is 6.34. The summed E-state index contributed by atoms with van der Waals surface area (Å²) in [6.45, 7) is 3.04. The summed E-state index contributed by atoms with van der Waals surface area (Å²) in [5, 5.41) is 0. The lowest BCUT2D eigenvalue weighted by atomic mass is 10.2. The van der Waals surface area contributed by atoms with Crippen LogP contribution in [0.3, 0.4) is 0 Å². The standard InChI is InChI=1S/C13H16ClNO4S/c1-10-4-5-11(12(8-10)20(14,17)18)19-9-13(16)15-6-2-3-7-15/h4-5,8H,2-3,6-7,9H2,1H3. The lowest BCUT2D eigenvalue weighted by Gasteiger charge is -2.16. The number of aryl methyl sites for hydroxylation is 1. The number of hydrogen-bond acceptors (Lipinski definition) is 4. The number of hydrogen-bond donors (Lipinski definition) is 0. The van der Waals surface area contributed by atoms with Crippen molar-refractivity contribution in [2.24, 2.45) is 0 Å². The number of rotatable bonds is 4. The molecular formula is C13H16ClNO4S. The predicted octanol–water partition coefficient (Wildman–Crippen LogP) is 1.92. The average molecular weight is 318 g/mol. The van der Waals surface area contributed by atoms with Crippen molar-refractivity contribution in [3.05, 3.63) is 23.8 Å². The van der Waals surface area contributed by atoms with E-state index >= 15 is 0 Å². The number of halogens is 1. The summed E-state index contributed by atoms with van der Waals surface area (Å²) in [7, 11) is 1.47. The van der Waals surface area contributed by atoms with Crippen molar-refractivity contribution >= 4 is 25.6 Å². The van der Waals surface area contributed by atoms with Crippen LogP contribution in [0.2, 0.25) is 0 Å². The number of amides is 1. The molecule has 0 spiro atoms. The molecular weight excluding hydrogens is 302 g/mol. The second kappa shape index (κ2) is 6.01. The molecule has 0 unspecified atom stereocenters. The van der Waals surface area contributed by atoms with Gasteiger partial charge in [0, 0.05) is 23.8 Å². The van der Waals surface area contributed by atoms with Gasteiger partial charge in [0.05, 0.1) is 0 Å². The zero-order valence-electron chi connectivity index (χ0n) is 11.1. The first kappa shape index (κ1) is 15.1. The van der Waals surface area contributed by atoms with Crippen LogP contribution >= 0.6 is 10.7 Å². The van der Waals surface area contributed by atoms with Gasteiger partial charge in [-0.1, -0.05) is 6.07 Å². The van der Waals surface area contributed by atoms with Crippen LogP contribution in [-0.2, 0) is 13.8 Å². The smallest absolute Gasteiger partial charge is 0.264 e. The Labute approximate surface area is 122 Å². The van der Waals surface area contributed by atoms with Crippen LogP contribution in [0.1, 0.15) is 18.4 Å². The summed E-state index contributed by atoms with van der Waals surface area (Å²) in [5.41, 5.74) is 0.752. The molecule has 0 aromatic heterocycles. The van der Waals surface area contributed by atoms with Crippen molar-refractivity contribution in [3.8, 4) is 5.75 Å². The Balaban J connectivity index is 2.11. The highest BCUT2D eigenvalue weighted by molar-refractivity contribution is 8.13. The molecule has 0 N–H and O–H groups in total. The fraction of sp³-hybridized carbons (Fsp3) is 0.462. The maximum absolute atomic E-state index is 11.9. The van der Waals surface area contributed by atoms with E-state index < -0.39 is 9.05 Å². The van der Waals surface area contributed by atoms with Gasteiger partial charge in [-0.2, -0.15) is 0 Å². The minimum Gasteiger partial charge on any atom is -0.482 e. The highest BCUT2D eigenvalue weighted by Gasteiger charge is 2.21. The maximum Gasteiger partial charge on any atom is 0.264 e. The van der Waals surface area contributed by atoms with Crippen LogP contribution in [0.15, 0.2) is 23.1 Å². The molecule has 0 saturated carbocycles. The van der Waals surface area contributed by atoms with Crippen LogP contribution in [-0.4, -0.2) is 38.9 Å². The molecule has 1 aliphatic heterocycles. The molecule has 20 heavy (non-hydrogen) atoms. The maximum atomic E-state index is 11.9.